The Kier molecular flexibility index (Phi) is 4.38. The third-order valence-electron chi connectivity index (χ3n) is 2.76. The zero-order chi connectivity index (χ0) is 11.8. The van der Waals surface area contributed by atoms with Gasteiger partial charge < -0.3 is 5.32 Å². The summed E-state index contributed by atoms with van der Waals surface area (Å²) in [5, 5.41) is 3.11. The number of rotatable bonds is 1. The molecular formula is C11H12ClF4N. The molecule has 0 aliphatic carbocycles. The lowest BCUT2D eigenvalue weighted by Gasteiger charge is -2.13. The van der Waals surface area contributed by atoms with Gasteiger partial charge in [-0.1, -0.05) is 6.07 Å². The third-order valence-corrected chi connectivity index (χ3v) is 2.76. The molecular weight excluding hydrogens is 258 g/mol. The molecule has 1 aromatic rings. The van der Waals surface area contributed by atoms with Gasteiger partial charge in [0.2, 0.25) is 0 Å². The van der Waals surface area contributed by atoms with Crippen LogP contribution in [0.3, 0.4) is 0 Å². The average Bonchev–Trinajstić information content (AvgIpc) is 2.68. The van der Waals surface area contributed by atoms with Gasteiger partial charge in [-0.2, -0.15) is 13.2 Å². The molecule has 0 aromatic heterocycles. The number of nitrogens with one attached hydrogen (secondary N) is 1. The normalized spacial score (nSPS) is 20.1. The van der Waals surface area contributed by atoms with Crippen molar-refractivity contribution in [2.75, 3.05) is 6.54 Å². The molecule has 2 rings (SSSR count). The lowest BCUT2D eigenvalue weighted by atomic mass is 10.0. The van der Waals surface area contributed by atoms with Gasteiger partial charge in [0.25, 0.3) is 0 Å². The highest BCUT2D eigenvalue weighted by Crippen LogP contribution is 2.33. The fraction of sp³-hybridized carbons (Fsp3) is 0.455. The number of hydrogen-bond acceptors (Lipinski definition) is 1. The Hall–Kier alpha value is -0.810. The zero-order valence-corrected chi connectivity index (χ0v) is 9.67. The number of benzene rings is 1. The monoisotopic (exact) mass is 269 g/mol. The standard InChI is InChI=1S/C11H11F4N.ClH/c12-9-6-7(10-2-1-5-16-10)3-4-8(9)11(13,14)15;/h3-4,6,10,16H,1-2,5H2;1H/t10-;/m1./s1. The highest BCUT2D eigenvalue weighted by atomic mass is 35.5. The van der Waals surface area contributed by atoms with Gasteiger partial charge >= 0.3 is 6.18 Å². The molecule has 0 unspecified atom stereocenters. The molecule has 0 bridgehead atoms. The van der Waals surface area contributed by atoms with Crippen LogP contribution in [-0.2, 0) is 6.18 Å². The molecule has 0 saturated carbocycles. The van der Waals surface area contributed by atoms with Gasteiger partial charge in [0.15, 0.2) is 0 Å². The lowest BCUT2D eigenvalue weighted by molar-refractivity contribution is -0.140. The van der Waals surface area contributed by atoms with Gasteiger partial charge in [-0.3, -0.25) is 0 Å². The Morgan fingerprint density at radius 2 is 1.94 bits per heavy atom. The van der Waals surface area contributed by atoms with Gasteiger partial charge in [0, 0.05) is 6.04 Å². The van der Waals surface area contributed by atoms with Gasteiger partial charge in [0.1, 0.15) is 5.82 Å². The molecule has 1 N–H and O–H groups in total. The van der Waals surface area contributed by atoms with E-state index in [9.17, 15) is 17.6 Å². The minimum Gasteiger partial charge on any atom is -0.310 e. The van der Waals surface area contributed by atoms with Gasteiger partial charge in [-0.05, 0) is 37.1 Å². The van der Waals surface area contributed by atoms with E-state index in [1.54, 1.807) is 0 Å². The Balaban J connectivity index is 0.00000144. The van der Waals surface area contributed by atoms with E-state index >= 15 is 0 Å². The molecule has 1 heterocycles. The van der Waals surface area contributed by atoms with Crippen LogP contribution in [0.5, 0.6) is 0 Å². The average molecular weight is 270 g/mol. The summed E-state index contributed by atoms with van der Waals surface area (Å²) in [6.45, 7) is 0.827. The second-order valence-corrected chi connectivity index (χ2v) is 3.89. The predicted octanol–water partition coefficient (Wildman–Crippen LogP) is 3.69. The van der Waals surface area contributed by atoms with Crippen LogP contribution in [0.2, 0.25) is 0 Å². The molecule has 6 heteroatoms. The van der Waals surface area contributed by atoms with Crippen molar-refractivity contribution in [2.45, 2.75) is 25.1 Å². The van der Waals surface area contributed by atoms with Crippen LogP contribution >= 0.6 is 12.4 Å². The number of alkyl halides is 3. The third kappa shape index (κ3) is 3.10. The Morgan fingerprint density at radius 1 is 1.24 bits per heavy atom. The predicted molar refractivity (Wildman–Crippen MR) is 58.6 cm³/mol. The zero-order valence-electron chi connectivity index (χ0n) is 8.85. The first-order chi connectivity index (χ1) is 7.48. The number of halogens is 5. The lowest BCUT2D eigenvalue weighted by Crippen LogP contribution is -2.14. The van der Waals surface area contributed by atoms with E-state index in [1.807, 2.05) is 0 Å². The molecule has 1 atom stereocenters. The molecule has 0 spiro atoms. The van der Waals surface area contributed by atoms with Crippen molar-refractivity contribution >= 4 is 12.4 Å². The highest BCUT2D eigenvalue weighted by Gasteiger charge is 2.34. The van der Waals surface area contributed by atoms with Gasteiger partial charge in [-0.15, -0.1) is 12.4 Å². The molecule has 1 saturated heterocycles. The fourth-order valence-corrected chi connectivity index (χ4v) is 1.95. The second kappa shape index (κ2) is 5.23. The minimum atomic E-state index is -4.62. The van der Waals surface area contributed by atoms with Crippen molar-refractivity contribution in [3.63, 3.8) is 0 Å². The first-order valence-corrected chi connectivity index (χ1v) is 5.08. The van der Waals surface area contributed by atoms with E-state index in [0.29, 0.717) is 5.56 Å². The Bertz CT molecular complexity index is 386. The molecule has 0 radical (unpaired) electrons. The topological polar surface area (TPSA) is 12.0 Å². The van der Waals surface area contributed by atoms with Crippen molar-refractivity contribution in [1.29, 1.82) is 0 Å². The summed E-state index contributed by atoms with van der Waals surface area (Å²) in [7, 11) is 0. The summed E-state index contributed by atoms with van der Waals surface area (Å²) in [4.78, 5) is 0. The molecule has 1 aliphatic heterocycles. The van der Waals surface area contributed by atoms with Crippen molar-refractivity contribution in [3.8, 4) is 0 Å². The summed E-state index contributed by atoms with van der Waals surface area (Å²) < 4.78 is 50.2. The molecule has 0 amide bonds. The van der Waals surface area contributed by atoms with Crippen molar-refractivity contribution in [3.05, 3.63) is 35.1 Å². The van der Waals surface area contributed by atoms with Crippen LogP contribution in [0.25, 0.3) is 0 Å². The Morgan fingerprint density at radius 3 is 2.41 bits per heavy atom. The van der Waals surface area contributed by atoms with Gasteiger partial charge in [-0.25, -0.2) is 4.39 Å². The first kappa shape index (κ1) is 14.3. The summed E-state index contributed by atoms with van der Waals surface area (Å²) >= 11 is 0. The van der Waals surface area contributed by atoms with E-state index in [-0.39, 0.29) is 18.4 Å². The van der Waals surface area contributed by atoms with Gasteiger partial charge in [0.05, 0.1) is 5.56 Å². The van der Waals surface area contributed by atoms with Crippen molar-refractivity contribution in [1.82, 2.24) is 5.32 Å². The molecule has 1 aromatic carbocycles. The maximum Gasteiger partial charge on any atom is 0.419 e. The maximum atomic E-state index is 13.3. The SMILES string of the molecule is Cl.Fc1cc([C@H]2CCCN2)ccc1C(F)(F)F. The van der Waals surface area contributed by atoms with Crippen LogP contribution in [0.15, 0.2) is 18.2 Å². The van der Waals surface area contributed by atoms with E-state index in [1.165, 1.54) is 6.07 Å². The second-order valence-electron chi connectivity index (χ2n) is 3.89. The van der Waals surface area contributed by atoms with Crippen LogP contribution < -0.4 is 5.32 Å². The summed E-state index contributed by atoms with van der Waals surface area (Å²) in [6, 6.07) is 3.11. The molecule has 1 nitrogen and oxygen atoms in total. The van der Waals surface area contributed by atoms with Crippen LogP contribution in [0, 0.1) is 5.82 Å². The smallest absolute Gasteiger partial charge is 0.310 e. The summed E-state index contributed by atoms with van der Waals surface area (Å²) in [5.41, 5.74) is -0.614. The van der Waals surface area contributed by atoms with Crippen LogP contribution in [0.1, 0.15) is 30.0 Å². The van der Waals surface area contributed by atoms with Crippen molar-refractivity contribution < 1.29 is 17.6 Å². The summed E-state index contributed by atoms with van der Waals surface area (Å²) in [5.74, 6) is -1.20. The van der Waals surface area contributed by atoms with Crippen molar-refractivity contribution in [2.24, 2.45) is 0 Å². The van der Waals surface area contributed by atoms with Crippen LogP contribution in [0.4, 0.5) is 17.6 Å². The number of hydrogen-bond donors (Lipinski definition) is 1. The summed E-state index contributed by atoms with van der Waals surface area (Å²) in [6.07, 6.45) is -2.82. The van der Waals surface area contributed by atoms with E-state index in [2.05, 4.69) is 5.32 Å². The quantitative estimate of drug-likeness (QED) is 0.767. The minimum absolute atomic E-state index is 0. The molecule has 1 fully saturated rings. The molecule has 96 valence electrons. The molecule has 17 heavy (non-hydrogen) atoms. The van der Waals surface area contributed by atoms with E-state index in [0.717, 1.165) is 31.5 Å². The largest absolute Gasteiger partial charge is 0.419 e. The fourth-order valence-electron chi connectivity index (χ4n) is 1.95. The maximum absolute atomic E-state index is 13.3. The highest BCUT2D eigenvalue weighted by molar-refractivity contribution is 5.85. The van der Waals surface area contributed by atoms with E-state index in [4.69, 9.17) is 0 Å². The van der Waals surface area contributed by atoms with Crippen LogP contribution in [-0.4, -0.2) is 6.54 Å². The molecule has 1 aliphatic rings. The first-order valence-electron chi connectivity index (χ1n) is 5.08. The Labute approximate surface area is 103 Å². The van der Waals surface area contributed by atoms with E-state index < -0.39 is 17.6 Å².